The average Bonchev–Trinajstić information content (AvgIpc) is 2.17. The van der Waals surface area contributed by atoms with E-state index in [1.807, 2.05) is 6.07 Å². The van der Waals surface area contributed by atoms with E-state index in [4.69, 9.17) is 0 Å². The van der Waals surface area contributed by atoms with Gasteiger partial charge < -0.3 is 0 Å². The maximum atomic E-state index is 3.91. The maximum absolute atomic E-state index is 3.91. The number of thioether (sulfide) groups is 1. The molecule has 0 aliphatic rings. The Hall–Kier alpha value is -0.950. The molecule has 1 heteroatoms. The molecule has 0 atom stereocenters. The third-order valence-electron chi connectivity index (χ3n) is 2.11. The first kappa shape index (κ1) is 8.64. The summed E-state index contributed by atoms with van der Waals surface area (Å²) in [4.78, 5) is 1.31. The fourth-order valence-electron chi connectivity index (χ4n) is 1.40. The van der Waals surface area contributed by atoms with Gasteiger partial charge in [-0.05, 0) is 41.6 Å². The molecule has 0 amide bonds. The van der Waals surface area contributed by atoms with E-state index in [0.717, 1.165) is 5.56 Å². The van der Waals surface area contributed by atoms with Crippen LogP contribution in [0.2, 0.25) is 0 Å². The number of rotatable bonds is 1. The van der Waals surface area contributed by atoms with Crippen LogP contribution in [-0.2, 0) is 0 Å². The number of hydrogen-bond acceptors (Lipinski definition) is 1. The van der Waals surface area contributed by atoms with Crippen molar-refractivity contribution in [1.82, 2.24) is 0 Å². The zero-order valence-corrected chi connectivity index (χ0v) is 8.40. The lowest BCUT2D eigenvalue weighted by atomic mass is 10.1. The lowest BCUT2D eigenvalue weighted by molar-refractivity contribution is 1.51. The second-order valence-corrected chi connectivity index (χ2v) is 3.93. The van der Waals surface area contributed by atoms with Crippen LogP contribution in [0.5, 0.6) is 0 Å². The lowest BCUT2D eigenvalue weighted by Crippen LogP contribution is -1.76. The fourth-order valence-corrected chi connectivity index (χ4v) is 1.85. The van der Waals surface area contributed by atoms with Crippen molar-refractivity contribution in [3.63, 3.8) is 0 Å². The SMILES string of the molecule is [CH2]c1ccc2cc(SC)ccc2c1. The summed E-state index contributed by atoms with van der Waals surface area (Å²) in [5, 5.41) is 2.56. The van der Waals surface area contributed by atoms with E-state index >= 15 is 0 Å². The smallest absolute Gasteiger partial charge is 0.00755 e. The van der Waals surface area contributed by atoms with E-state index in [0.29, 0.717) is 0 Å². The van der Waals surface area contributed by atoms with Gasteiger partial charge in [-0.3, -0.25) is 0 Å². The van der Waals surface area contributed by atoms with Crippen LogP contribution in [0.25, 0.3) is 10.8 Å². The summed E-state index contributed by atoms with van der Waals surface area (Å²) in [6, 6.07) is 12.8. The van der Waals surface area contributed by atoms with Crippen LogP contribution in [0.3, 0.4) is 0 Å². The molecule has 13 heavy (non-hydrogen) atoms. The van der Waals surface area contributed by atoms with Gasteiger partial charge in [0.15, 0.2) is 0 Å². The maximum Gasteiger partial charge on any atom is 0.00755 e. The molecular weight excluding hydrogens is 176 g/mol. The normalized spacial score (nSPS) is 10.6. The minimum absolute atomic E-state index is 1.07. The van der Waals surface area contributed by atoms with Gasteiger partial charge in [-0.1, -0.05) is 24.3 Å². The molecule has 2 aromatic rings. The predicted molar refractivity (Wildman–Crippen MR) is 60.2 cm³/mol. The molecule has 2 rings (SSSR count). The zero-order valence-electron chi connectivity index (χ0n) is 7.58. The second kappa shape index (κ2) is 3.43. The molecule has 0 aromatic heterocycles. The Morgan fingerprint density at radius 1 is 1.00 bits per heavy atom. The third-order valence-corrected chi connectivity index (χ3v) is 2.84. The molecule has 0 heterocycles. The van der Waals surface area contributed by atoms with Gasteiger partial charge in [0, 0.05) is 4.90 Å². The van der Waals surface area contributed by atoms with E-state index in [-0.39, 0.29) is 0 Å². The van der Waals surface area contributed by atoms with Crippen LogP contribution in [-0.4, -0.2) is 6.26 Å². The van der Waals surface area contributed by atoms with E-state index in [9.17, 15) is 0 Å². The largest absolute Gasteiger partial charge is 0.130 e. The predicted octanol–water partition coefficient (Wildman–Crippen LogP) is 3.74. The highest BCUT2D eigenvalue weighted by atomic mass is 32.2. The Kier molecular flexibility index (Phi) is 2.28. The lowest BCUT2D eigenvalue weighted by Gasteiger charge is -2.01. The Morgan fingerprint density at radius 3 is 2.46 bits per heavy atom. The highest BCUT2D eigenvalue weighted by Crippen LogP contribution is 2.22. The van der Waals surface area contributed by atoms with Crippen molar-refractivity contribution in [2.24, 2.45) is 0 Å². The molecule has 0 aliphatic carbocycles. The molecule has 65 valence electrons. The number of fused-ring (bicyclic) bond motifs is 1. The van der Waals surface area contributed by atoms with Crippen molar-refractivity contribution in [3.05, 3.63) is 48.9 Å². The minimum Gasteiger partial charge on any atom is -0.130 e. The summed E-state index contributed by atoms with van der Waals surface area (Å²) in [5.41, 5.74) is 1.07. The van der Waals surface area contributed by atoms with Crippen molar-refractivity contribution < 1.29 is 0 Å². The molecule has 1 radical (unpaired) electrons. The summed E-state index contributed by atoms with van der Waals surface area (Å²) in [7, 11) is 0. The molecule has 0 saturated carbocycles. The first-order chi connectivity index (χ1) is 6.29. The van der Waals surface area contributed by atoms with Crippen LogP contribution in [0, 0.1) is 6.92 Å². The van der Waals surface area contributed by atoms with E-state index in [2.05, 4.69) is 43.5 Å². The molecular formula is C12H11S. The molecule has 0 spiro atoms. The van der Waals surface area contributed by atoms with Crippen LogP contribution in [0.4, 0.5) is 0 Å². The Morgan fingerprint density at radius 2 is 1.69 bits per heavy atom. The number of hydrogen-bond donors (Lipinski definition) is 0. The van der Waals surface area contributed by atoms with Crippen molar-refractivity contribution in [2.45, 2.75) is 4.90 Å². The standard InChI is InChI=1S/C12H11S/c1-9-3-4-11-8-12(13-2)6-5-10(11)7-9/h3-8H,1H2,2H3. The third kappa shape index (κ3) is 1.70. The van der Waals surface area contributed by atoms with Crippen molar-refractivity contribution in [3.8, 4) is 0 Å². The zero-order chi connectivity index (χ0) is 9.26. The summed E-state index contributed by atoms with van der Waals surface area (Å²) < 4.78 is 0. The van der Waals surface area contributed by atoms with Gasteiger partial charge in [0.1, 0.15) is 0 Å². The first-order valence-electron chi connectivity index (χ1n) is 4.19. The topological polar surface area (TPSA) is 0 Å². The molecule has 0 N–H and O–H groups in total. The van der Waals surface area contributed by atoms with Crippen LogP contribution in [0.15, 0.2) is 41.3 Å². The number of benzene rings is 2. The van der Waals surface area contributed by atoms with E-state index < -0.39 is 0 Å². The van der Waals surface area contributed by atoms with Crippen LogP contribution >= 0.6 is 11.8 Å². The van der Waals surface area contributed by atoms with Gasteiger partial charge in [0.25, 0.3) is 0 Å². The van der Waals surface area contributed by atoms with Crippen LogP contribution < -0.4 is 0 Å². The molecule has 0 bridgehead atoms. The average molecular weight is 187 g/mol. The molecule has 0 saturated heterocycles. The molecule has 0 fully saturated rings. The molecule has 0 aliphatic heterocycles. The van der Waals surface area contributed by atoms with Gasteiger partial charge in [-0.2, -0.15) is 0 Å². The quantitative estimate of drug-likeness (QED) is 0.613. The van der Waals surface area contributed by atoms with Gasteiger partial charge in [-0.15, -0.1) is 11.8 Å². The van der Waals surface area contributed by atoms with Gasteiger partial charge in [0.05, 0.1) is 0 Å². The first-order valence-corrected chi connectivity index (χ1v) is 5.42. The minimum atomic E-state index is 1.07. The molecule has 0 unspecified atom stereocenters. The van der Waals surface area contributed by atoms with Gasteiger partial charge in [-0.25, -0.2) is 0 Å². The fraction of sp³-hybridized carbons (Fsp3) is 0.0833. The van der Waals surface area contributed by atoms with Crippen molar-refractivity contribution in [1.29, 1.82) is 0 Å². The van der Waals surface area contributed by atoms with Gasteiger partial charge in [0.2, 0.25) is 0 Å². The highest BCUT2D eigenvalue weighted by molar-refractivity contribution is 7.98. The Bertz CT molecular complexity index is 432. The highest BCUT2D eigenvalue weighted by Gasteiger charge is 1.95. The van der Waals surface area contributed by atoms with Crippen molar-refractivity contribution >= 4 is 22.5 Å². The van der Waals surface area contributed by atoms with Gasteiger partial charge >= 0.3 is 0 Å². The summed E-state index contributed by atoms with van der Waals surface area (Å²) in [6.07, 6.45) is 2.09. The summed E-state index contributed by atoms with van der Waals surface area (Å²) in [6.45, 7) is 3.91. The molecule has 0 nitrogen and oxygen atoms in total. The summed E-state index contributed by atoms with van der Waals surface area (Å²) >= 11 is 1.77. The van der Waals surface area contributed by atoms with Crippen LogP contribution in [0.1, 0.15) is 5.56 Å². The monoisotopic (exact) mass is 187 g/mol. The van der Waals surface area contributed by atoms with E-state index in [1.165, 1.54) is 15.7 Å². The van der Waals surface area contributed by atoms with E-state index in [1.54, 1.807) is 11.8 Å². The molecule has 2 aromatic carbocycles. The summed E-state index contributed by atoms with van der Waals surface area (Å²) in [5.74, 6) is 0. The Labute approximate surface area is 83.0 Å². The Balaban J connectivity index is 2.66. The van der Waals surface area contributed by atoms with Crippen molar-refractivity contribution in [2.75, 3.05) is 6.26 Å². The second-order valence-electron chi connectivity index (χ2n) is 3.05.